The van der Waals surface area contributed by atoms with Crippen molar-refractivity contribution in [1.82, 2.24) is 15.5 Å². The normalized spacial score (nSPS) is 19.9. The van der Waals surface area contributed by atoms with Gasteiger partial charge in [-0.05, 0) is 63.5 Å². The van der Waals surface area contributed by atoms with E-state index >= 15 is 0 Å². The van der Waals surface area contributed by atoms with Crippen LogP contribution in [-0.4, -0.2) is 72.7 Å². The van der Waals surface area contributed by atoms with Crippen molar-refractivity contribution in [2.24, 2.45) is 11.8 Å². The lowest BCUT2D eigenvalue weighted by atomic mass is 9.93. The number of carbonyl (C=O) groups excluding carboxylic acids is 2. The first-order chi connectivity index (χ1) is 13.8. The topological polar surface area (TPSA) is 108 Å². The van der Waals surface area contributed by atoms with Gasteiger partial charge in [-0.25, -0.2) is 4.79 Å². The average molecular weight is 412 g/mol. The molecule has 0 aromatic rings. The average Bonchev–Trinajstić information content (AvgIpc) is 2.70. The Balaban J connectivity index is 1.80. The summed E-state index contributed by atoms with van der Waals surface area (Å²) >= 11 is 0. The van der Waals surface area contributed by atoms with Gasteiger partial charge in [0.2, 0.25) is 11.8 Å². The maximum atomic E-state index is 13.0. The van der Waals surface area contributed by atoms with Crippen LogP contribution in [0.25, 0.3) is 0 Å². The molecule has 2 fully saturated rings. The first-order valence-corrected chi connectivity index (χ1v) is 11.0. The van der Waals surface area contributed by atoms with Crippen molar-refractivity contribution < 1.29 is 24.2 Å². The fourth-order valence-electron chi connectivity index (χ4n) is 4.12. The number of carboxylic acids is 1. The summed E-state index contributed by atoms with van der Waals surface area (Å²) < 4.78 is 5.34. The Kier molecular flexibility index (Phi) is 9.87. The van der Waals surface area contributed by atoms with Crippen LogP contribution in [0.4, 0.5) is 0 Å². The van der Waals surface area contributed by atoms with Crippen LogP contribution in [0.2, 0.25) is 0 Å². The van der Waals surface area contributed by atoms with Crippen LogP contribution in [0.15, 0.2) is 0 Å². The second-order valence-corrected chi connectivity index (χ2v) is 8.71. The number of ether oxygens (including phenoxy) is 1. The van der Waals surface area contributed by atoms with Gasteiger partial charge in [-0.1, -0.05) is 13.8 Å². The molecule has 166 valence electrons. The molecule has 2 aliphatic rings. The van der Waals surface area contributed by atoms with Crippen molar-refractivity contribution in [2.45, 2.75) is 70.9 Å². The molecule has 1 atom stereocenters. The van der Waals surface area contributed by atoms with Gasteiger partial charge >= 0.3 is 5.97 Å². The summed E-state index contributed by atoms with van der Waals surface area (Å²) in [4.78, 5) is 37.9. The van der Waals surface area contributed by atoms with Gasteiger partial charge in [-0.3, -0.25) is 9.59 Å². The number of amides is 2. The van der Waals surface area contributed by atoms with Crippen LogP contribution in [-0.2, 0) is 19.1 Å². The molecule has 0 saturated carbocycles. The van der Waals surface area contributed by atoms with Gasteiger partial charge in [0.05, 0.1) is 6.10 Å². The lowest BCUT2D eigenvalue weighted by Gasteiger charge is -2.34. The highest BCUT2D eigenvalue weighted by Gasteiger charge is 2.30. The largest absolute Gasteiger partial charge is 0.480 e. The minimum atomic E-state index is -0.979. The van der Waals surface area contributed by atoms with E-state index in [4.69, 9.17) is 9.84 Å². The van der Waals surface area contributed by atoms with Gasteiger partial charge in [-0.2, -0.15) is 0 Å². The van der Waals surface area contributed by atoms with Gasteiger partial charge in [0, 0.05) is 19.5 Å². The molecule has 0 radical (unpaired) electrons. The molecule has 2 saturated heterocycles. The van der Waals surface area contributed by atoms with Crippen LogP contribution in [0.1, 0.15) is 58.8 Å². The van der Waals surface area contributed by atoms with E-state index in [-0.39, 0.29) is 24.5 Å². The number of hydrogen-bond donors (Lipinski definition) is 3. The number of likely N-dealkylation sites (tertiary alicyclic amines) is 1. The summed E-state index contributed by atoms with van der Waals surface area (Å²) in [5.41, 5.74) is 0. The van der Waals surface area contributed by atoms with E-state index in [1.54, 1.807) is 4.90 Å². The predicted octanol–water partition coefficient (Wildman–Crippen LogP) is 1.39. The fourth-order valence-corrected chi connectivity index (χ4v) is 4.12. The monoisotopic (exact) mass is 411 g/mol. The Hall–Kier alpha value is -1.67. The Labute approximate surface area is 173 Å². The van der Waals surface area contributed by atoms with E-state index in [9.17, 15) is 14.4 Å². The van der Waals surface area contributed by atoms with Crippen LogP contribution < -0.4 is 10.6 Å². The molecule has 0 unspecified atom stereocenters. The second-order valence-electron chi connectivity index (χ2n) is 8.71. The smallest absolute Gasteiger partial charge is 0.329 e. The van der Waals surface area contributed by atoms with Crippen molar-refractivity contribution in [3.05, 3.63) is 0 Å². The SMILES string of the molecule is CC(C)C[C@H](NC(=O)CCC1CCNCC1)C(=O)N1CCC(OCC(=O)O)CC1. The molecule has 8 nitrogen and oxygen atoms in total. The van der Waals surface area contributed by atoms with Crippen molar-refractivity contribution in [3.8, 4) is 0 Å². The van der Waals surface area contributed by atoms with Crippen molar-refractivity contribution in [3.63, 3.8) is 0 Å². The van der Waals surface area contributed by atoms with E-state index in [1.165, 1.54) is 0 Å². The molecule has 2 rings (SSSR count). The zero-order valence-electron chi connectivity index (χ0n) is 17.8. The first kappa shape index (κ1) is 23.6. The highest BCUT2D eigenvalue weighted by Crippen LogP contribution is 2.19. The summed E-state index contributed by atoms with van der Waals surface area (Å²) in [6, 6.07) is -0.494. The molecule has 0 aromatic carbocycles. The lowest BCUT2D eigenvalue weighted by molar-refractivity contribution is -0.147. The molecule has 2 aliphatic heterocycles. The zero-order chi connectivity index (χ0) is 21.2. The summed E-state index contributed by atoms with van der Waals surface area (Å²) in [5.74, 6) is -0.170. The minimum absolute atomic E-state index is 0.0365. The molecule has 29 heavy (non-hydrogen) atoms. The Morgan fingerprint density at radius 1 is 1.14 bits per heavy atom. The maximum absolute atomic E-state index is 13.0. The molecular weight excluding hydrogens is 374 g/mol. The predicted molar refractivity (Wildman–Crippen MR) is 109 cm³/mol. The lowest BCUT2D eigenvalue weighted by Crippen LogP contribution is -2.52. The molecular formula is C21H37N3O5. The molecule has 0 spiro atoms. The molecule has 2 heterocycles. The van der Waals surface area contributed by atoms with Crippen molar-refractivity contribution >= 4 is 17.8 Å². The first-order valence-electron chi connectivity index (χ1n) is 11.0. The van der Waals surface area contributed by atoms with Crippen molar-refractivity contribution in [2.75, 3.05) is 32.8 Å². The number of nitrogens with zero attached hydrogens (tertiary/aromatic N) is 1. The zero-order valence-corrected chi connectivity index (χ0v) is 17.8. The van der Waals surface area contributed by atoms with E-state index in [0.29, 0.717) is 50.6 Å². The van der Waals surface area contributed by atoms with Gasteiger partial charge < -0.3 is 25.4 Å². The molecule has 0 aromatic heterocycles. The summed E-state index contributed by atoms with van der Waals surface area (Å²) in [7, 11) is 0. The third-order valence-electron chi connectivity index (χ3n) is 5.77. The number of nitrogens with one attached hydrogen (secondary N) is 2. The Bertz CT molecular complexity index is 540. The number of carbonyl (C=O) groups is 3. The molecule has 3 N–H and O–H groups in total. The van der Waals surface area contributed by atoms with Crippen LogP contribution >= 0.6 is 0 Å². The second kappa shape index (κ2) is 12.1. The number of piperidine rings is 2. The molecule has 0 bridgehead atoms. The Morgan fingerprint density at radius 2 is 1.79 bits per heavy atom. The molecule has 2 amide bonds. The van der Waals surface area contributed by atoms with Crippen LogP contribution in [0, 0.1) is 11.8 Å². The maximum Gasteiger partial charge on any atom is 0.329 e. The third-order valence-corrected chi connectivity index (χ3v) is 5.77. The molecule has 0 aliphatic carbocycles. The van der Waals surface area contributed by atoms with Crippen LogP contribution in [0.5, 0.6) is 0 Å². The fraction of sp³-hybridized carbons (Fsp3) is 0.857. The van der Waals surface area contributed by atoms with Gasteiger partial charge in [-0.15, -0.1) is 0 Å². The number of aliphatic carboxylic acids is 1. The number of carboxylic acid groups (broad SMARTS) is 1. The van der Waals surface area contributed by atoms with Gasteiger partial charge in [0.1, 0.15) is 12.6 Å². The highest BCUT2D eigenvalue weighted by atomic mass is 16.5. The quantitative estimate of drug-likeness (QED) is 0.501. The van der Waals surface area contributed by atoms with Gasteiger partial charge in [0.25, 0.3) is 0 Å². The summed E-state index contributed by atoms with van der Waals surface area (Å²) in [6.07, 6.45) is 5.31. The summed E-state index contributed by atoms with van der Waals surface area (Å²) in [5, 5.41) is 15.0. The standard InChI is InChI=1S/C21H37N3O5/c1-15(2)13-18(23-19(25)4-3-16-5-9-22-10-6-16)21(28)24-11-7-17(8-12-24)29-14-20(26)27/h15-18,22H,3-14H2,1-2H3,(H,23,25)(H,26,27)/t18-/m0/s1. The Morgan fingerprint density at radius 3 is 2.38 bits per heavy atom. The highest BCUT2D eigenvalue weighted by molar-refractivity contribution is 5.87. The van der Waals surface area contributed by atoms with E-state index in [0.717, 1.165) is 32.4 Å². The van der Waals surface area contributed by atoms with Crippen molar-refractivity contribution in [1.29, 1.82) is 0 Å². The molecule has 8 heteroatoms. The van der Waals surface area contributed by atoms with Crippen LogP contribution in [0.3, 0.4) is 0 Å². The van der Waals surface area contributed by atoms with E-state index in [1.807, 2.05) is 13.8 Å². The van der Waals surface area contributed by atoms with E-state index in [2.05, 4.69) is 10.6 Å². The summed E-state index contributed by atoms with van der Waals surface area (Å²) in [6.45, 7) is 6.90. The van der Waals surface area contributed by atoms with E-state index < -0.39 is 12.0 Å². The minimum Gasteiger partial charge on any atom is -0.480 e. The number of rotatable bonds is 10. The third kappa shape index (κ3) is 8.70. The number of hydrogen-bond acceptors (Lipinski definition) is 5. The van der Waals surface area contributed by atoms with Gasteiger partial charge in [0.15, 0.2) is 0 Å².